The second-order valence-electron chi connectivity index (χ2n) is 7.79. The van der Waals surface area contributed by atoms with Gasteiger partial charge >= 0.3 is 0 Å². The first-order chi connectivity index (χ1) is 15.7. The Morgan fingerprint density at radius 2 is 1.58 bits per heavy atom. The predicted octanol–water partition coefficient (Wildman–Crippen LogP) is 5.79. The van der Waals surface area contributed by atoms with E-state index < -0.39 is 10.0 Å². The number of thiazole rings is 1. The number of hydrogen-bond donors (Lipinski definition) is 2. The number of rotatable bonds is 6. The van der Waals surface area contributed by atoms with E-state index in [4.69, 9.17) is 0 Å². The molecule has 1 amide bonds. The van der Waals surface area contributed by atoms with Crippen molar-refractivity contribution in [3.8, 4) is 11.3 Å². The Hall–Kier alpha value is -3.49. The topological polar surface area (TPSA) is 88.2 Å². The Morgan fingerprint density at radius 3 is 2.24 bits per heavy atom. The fraction of sp³-hybridized carbons (Fsp3) is 0.120. The maximum absolute atomic E-state index is 12.6. The van der Waals surface area contributed by atoms with Gasteiger partial charge in [-0.2, -0.15) is 0 Å². The van der Waals surface area contributed by atoms with Crippen molar-refractivity contribution in [3.63, 3.8) is 0 Å². The van der Waals surface area contributed by atoms with E-state index in [1.54, 1.807) is 48.5 Å². The molecule has 0 aliphatic carbocycles. The van der Waals surface area contributed by atoms with Gasteiger partial charge in [-0.25, -0.2) is 13.4 Å². The summed E-state index contributed by atoms with van der Waals surface area (Å²) in [5.41, 5.74) is 5.95. The zero-order chi connectivity index (χ0) is 23.6. The van der Waals surface area contributed by atoms with Crippen molar-refractivity contribution < 1.29 is 13.2 Å². The van der Waals surface area contributed by atoms with Crippen molar-refractivity contribution in [3.05, 3.63) is 94.4 Å². The summed E-state index contributed by atoms with van der Waals surface area (Å²) in [6.45, 7) is 6.01. The summed E-state index contributed by atoms with van der Waals surface area (Å²) in [5.74, 6) is -0.316. The van der Waals surface area contributed by atoms with Gasteiger partial charge in [0.2, 0.25) is 0 Å². The molecule has 0 aliphatic heterocycles. The highest BCUT2D eigenvalue weighted by molar-refractivity contribution is 7.92. The molecule has 3 aromatic carbocycles. The van der Waals surface area contributed by atoms with E-state index in [1.165, 1.54) is 22.5 Å². The highest BCUT2D eigenvalue weighted by atomic mass is 32.2. The molecule has 2 N–H and O–H groups in total. The Labute approximate surface area is 197 Å². The van der Waals surface area contributed by atoms with Crippen molar-refractivity contribution in [2.24, 2.45) is 0 Å². The van der Waals surface area contributed by atoms with E-state index in [-0.39, 0.29) is 10.8 Å². The van der Waals surface area contributed by atoms with Crippen molar-refractivity contribution in [2.45, 2.75) is 25.7 Å². The van der Waals surface area contributed by atoms with Crippen LogP contribution in [0, 0.1) is 20.8 Å². The molecule has 0 spiro atoms. The number of benzene rings is 3. The van der Waals surface area contributed by atoms with Crippen LogP contribution in [0.15, 0.2) is 77.0 Å². The number of hydrogen-bond acceptors (Lipinski definition) is 5. The summed E-state index contributed by atoms with van der Waals surface area (Å²) in [5, 5.41) is 5.21. The van der Waals surface area contributed by atoms with Crippen molar-refractivity contribution in [1.29, 1.82) is 0 Å². The molecule has 8 heteroatoms. The summed E-state index contributed by atoms with van der Waals surface area (Å²) in [6.07, 6.45) is 0. The molecule has 0 bridgehead atoms. The quantitative estimate of drug-likeness (QED) is 0.368. The molecule has 0 fully saturated rings. The zero-order valence-electron chi connectivity index (χ0n) is 18.4. The Balaban J connectivity index is 1.43. The third-order valence-electron chi connectivity index (χ3n) is 5.26. The standard InChI is InChI=1S/C25H23N3O3S2/c1-16-4-12-22(13-5-16)33(30,31)28-21-10-8-19(9-11-21)24(29)27-25-26-23(15-32-25)20-7-6-17(2)18(3)14-20/h4-15,28H,1-3H3,(H,26,27,29). The minimum Gasteiger partial charge on any atom is -0.298 e. The average molecular weight is 478 g/mol. The number of anilines is 2. The summed E-state index contributed by atoms with van der Waals surface area (Å²) < 4.78 is 27.6. The van der Waals surface area contributed by atoms with Gasteiger partial charge in [0.25, 0.3) is 15.9 Å². The summed E-state index contributed by atoms with van der Waals surface area (Å²) in [4.78, 5) is 17.3. The number of sulfonamides is 1. The Morgan fingerprint density at radius 1 is 0.879 bits per heavy atom. The molecular weight excluding hydrogens is 454 g/mol. The molecular formula is C25H23N3O3S2. The zero-order valence-corrected chi connectivity index (χ0v) is 20.0. The number of nitrogens with zero attached hydrogens (tertiary/aromatic N) is 1. The third-order valence-corrected chi connectivity index (χ3v) is 7.41. The number of amides is 1. The maximum Gasteiger partial charge on any atom is 0.261 e. The molecule has 4 rings (SSSR count). The van der Waals surface area contributed by atoms with E-state index in [1.807, 2.05) is 18.4 Å². The highest BCUT2D eigenvalue weighted by Gasteiger charge is 2.15. The number of aromatic nitrogens is 1. The first-order valence-corrected chi connectivity index (χ1v) is 12.6. The molecule has 1 heterocycles. The molecule has 0 saturated heterocycles. The number of aryl methyl sites for hydroxylation is 3. The van der Waals surface area contributed by atoms with Gasteiger partial charge in [-0.1, -0.05) is 29.8 Å². The van der Waals surface area contributed by atoms with E-state index in [2.05, 4.69) is 41.0 Å². The minimum absolute atomic E-state index is 0.179. The highest BCUT2D eigenvalue weighted by Crippen LogP contribution is 2.27. The Kier molecular flexibility index (Phi) is 6.31. The predicted molar refractivity (Wildman–Crippen MR) is 133 cm³/mol. The van der Waals surface area contributed by atoms with Crippen LogP contribution >= 0.6 is 11.3 Å². The van der Waals surface area contributed by atoms with Gasteiger partial charge in [0, 0.05) is 22.2 Å². The van der Waals surface area contributed by atoms with E-state index in [9.17, 15) is 13.2 Å². The first kappa shape index (κ1) is 22.7. The van der Waals surface area contributed by atoms with Gasteiger partial charge in [-0.05, 0) is 74.4 Å². The van der Waals surface area contributed by atoms with Crippen LogP contribution in [0.3, 0.4) is 0 Å². The summed E-state index contributed by atoms with van der Waals surface area (Å²) in [7, 11) is -3.70. The summed E-state index contributed by atoms with van der Waals surface area (Å²) in [6, 6.07) is 19.0. The van der Waals surface area contributed by atoms with E-state index >= 15 is 0 Å². The van der Waals surface area contributed by atoms with Crippen LogP contribution in [0.4, 0.5) is 10.8 Å². The second-order valence-corrected chi connectivity index (χ2v) is 10.3. The van der Waals surface area contributed by atoms with Crippen molar-refractivity contribution in [2.75, 3.05) is 10.0 Å². The third kappa shape index (κ3) is 5.30. The largest absolute Gasteiger partial charge is 0.298 e. The molecule has 0 radical (unpaired) electrons. The molecule has 1 aromatic heterocycles. The lowest BCUT2D eigenvalue weighted by molar-refractivity contribution is 0.102. The molecule has 6 nitrogen and oxygen atoms in total. The molecule has 0 saturated carbocycles. The molecule has 33 heavy (non-hydrogen) atoms. The van der Waals surface area contributed by atoms with Crippen LogP contribution in [0.25, 0.3) is 11.3 Å². The Bertz CT molecular complexity index is 1410. The van der Waals surface area contributed by atoms with Crippen LogP contribution in [0.2, 0.25) is 0 Å². The molecule has 0 aliphatic rings. The van der Waals surface area contributed by atoms with Crippen molar-refractivity contribution >= 4 is 38.1 Å². The van der Waals surface area contributed by atoms with E-state index in [0.717, 1.165) is 16.8 Å². The summed E-state index contributed by atoms with van der Waals surface area (Å²) >= 11 is 1.35. The maximum atomic E-state index is 12.6. The lowest BCUT2D eigenvalue weighted by Gasteiger charge is -2.09. The van der Waals surface area contributed by atoms with Gasteiger partial charge in [0.15, 0.2) is 5.13 Å². The number of carbonyl (C=O) groups is 1. The lowest BCUT2D eigenvalue weighted by atomic mass is 10.1. The molecule has 168 valence electrons. The fourth-order valence-corrected chi connectivity index (χ4v) is 4.93. The van der Waals surface area contributed by atoms with Crippen molar-refractivity contribution in [1.82, 2.24) is 4.98 Å². The SMILES string of the molecule is Cc1ccc(S(=O)(=O)Nc2ccc(C(=O)Nc3nc(-c4ccc(C)c(C)c4)cs3)cc2)cc1. The normalized spacial score (nSPS) is 11.2. The molecule has 0 unspecified atom stereocenters. The van der Waals surface area contributed by atoms with Crippen LogP contribution in [-0.2, 0) is 10.0 Å². The van der Waals surface area contributed by atoms with Crippen LogP contribution in [0.5, 0.6) is 0 Å². The van der Waals surface area contributed by atoms with Gasteiger partial charge in [-0.15, -0.1) is 11.3 Å². The van der Waals surface area contributed by atoms with Gasteiger partial charge in [0.1, 0.15) is 0 Å². The van der Waals surface area contributed by atoms with Gasteiger partial charge in [-0.3, -0.25) is 14.8 Å². The molecule has 0 atom stereocenters. The number of carbonyl (C=O) groups excluding carboxylic acids is 1. The molecule has 4 aromatic rings. The number of nitrogens with one attached hydrogen (secondary N) is 2. The van der Waals surface area contributed by atoms with Crippen LogP contribution in [-0.4, -0.2) is 19.3 Å². The second kappa shape index (κ2) is 9.17. The average Bonchev–Trinajstić information content (AvgIpc) is 3.24. The fourth-order valence-electron chi connectivity index (χ4n) is 3.15. The first-order valence-electron chi connectivity index (χ1n) is 10.3. The van der Waals surface area contributed by atoms with Crippen LogP contribution < -0.4 is 10.0 Å². The monoisotopic (exact) mass is 477 g/mol. The van der Waals surface area contributed by atoms with Gasteiger partial charge in [0.05, 0.1) is 10.6 Å². The lowest BCUT2D eigenvalue weighted by Crippen LogP contribution is -2.14. The van der Waals surface area contributed by atoms with Gasteiger partial charge < -0.3 is 0 Å². The smallest absolute Gasteiger partial charge is 0.261 e. The van der Waals surface area contributed by atoms with Crippen LogP contribution in [0.1, 0.15) is 27.0 Å². The van der Waals surface area contributed by atoms with E-state index in [0.29, 0.717) is 16.4 Å². The minimum atomic E-state index is -3.70.